The molecule has 2 rings (SSSR count). The van der Waals surface area contributed by atoms with Crippen molar-refractivity contribution in [2.45, 2.75) is 0 Å². The van der Waals surface area contributed by atoms with Gasteiger partial charge in [0.15, 0.2) is 0 Å². The zero-order valence-corrected chi connectivity index (χ0v) is 6.86. The second-order valence-corrected chi connectivity index (χ2v) is 2.67. The first kappa shape index (κ1) is 7.10. The first-order valence-corrected chi connectivity index (χ1v) is 3.83. The zero-order valence-electron chi connectivity index (χ0n) is 6.86. The molecule has 0 unspecified atom stereocenters. The van der Waals surface area contributed by atoms with Crippen molar-refractivity contribution in [2.24, 2.45) is 7.05 Å². The van der Waals surface area contributed by atoms with Gasteiger partial charge in [-0.05, 0) is 0 Å². The fourth-order valence-corrected chi connectivity index (χ4v) is 1.17. The lowest BCUT2D eigenvalue weighted by Gasteiger charge is -1.99. The van der Waals surface area contributed by atoms with E-state index in [9.17, 15) is 0 Å². The Balaban J connectivity index is 2.51. The van der Waals surface area contributed by atoms with Crippen LogP contribution in [0.4, 0.5) is 0 Å². The number of rotatable bonds is 1. The summed E-state index contributed by atoms with van der Waals surface area (Å²) in [6.07, 6.45) is 4.63. The van der Waals surface area contributed by atoms with Gasteiger partial charge in [-0.25, -0.2) is 4.98 Å². The van der Waals surface area contributed by atoms with Gasteiger partial charge in [0.05, 0.1) is 0 Å². The Labute approximate surface area is 71.5 Å². The first-order valence-electron chi connectivity index (χ1n) is 3.83. The second kappa shape index (κ2) is 2.81. The van der Waals surface area contributed by atoms with Crippen LogP contribution >= 0.6 is 0 Å². The van der Waals surface area contributed by atoms with E-state index in [1.54, 1.807) is 0 Å². The van der Waals surface area contributed by atoms with Gasteiger partial charge in [-0.2, -0.15) is 0 Å². The van der Waals surface area contributed by atoms with E-state index < -0.39 is 0 Å². The molecule has 0 fully saturated rings. The third-order valence-electron chi connectivity index (χ3n) is 1.79. The molecule has 1 heterocycles. The fraction of sp³-hybridized carbons (Fsp3) is 0.100. The molecule has 0 spiro atoms. The summed E-state index contributed by atoms with van der Waals surface area (Å²) in [5.74, 6) is 0.954. The molecule has 1 aromatic heterocycles. The molecule has 0 aliphatic rings. The van der Waals surface area contributed by atoms with E-state index in [1.807, 2.05) is 48.1 Å². The van der Waals surface area contributed by atoms with Crippen molar-refractivity contribution < 1.29 is 0 Å². The van der Waals surface area contributed by atoms with Crippen molar-refractivity contribution in [3.05, 3.63) is 42.7 Å². The summed E-state index contributed by atoms with van der Waals surface area (Å²) >= 11 is 0. The predicted octanol–water partition coefficient (Wildman–Crippen LogP) is 1.89. The molecule has 12 heavy (non-hydrogen) atoms. The van der Waals surface area contributed by atoms with Crippen molar-refractivity contribution in [2.75, 3.05) is 0 Å². The molecule has 59 valence electrons. The van der Waals surface area contributed by atoms with Gasteiger partial charge in [0.25, 0.3) is 0 Å². The Morgan fingerprint density at radius 3 is 2.58 bits per heavy atom. The van der Waals surface area contributed by atoms with Gasteiger partial charge in [0, 0.05) is 18.8 Å². The largest absolute Gasteiger partial charge is 0.333 e. The summed E-state index contributed by atoms with van der Waals surface area (Å²) in [6, 6.07) is 10.1. The SMILES string of the molecule is Cn1c[c]nc1-c1ccccc1. The van der Waals surface area contributed by atoms with Crippen LogP contribution in [-0.2, 0) is 7.05 Å². The van der Waals surface area contributed by atoms with Crippen LogP contribution in [0.5, 0.6) is 0 Å². The van der Waals surface area contributed by atoms with Gasteiger partial charge < -0.3 is 4.57 Å². The molecule has 2 aromatic rings. The zero-order chi connectivity index (χ0) is 8.39. The maximum absolute atomic E-state index is 4.12. The minimum absolute atomic E-state index is 0.954. The monoisotopic (exact) mass is 157 g/mol. The minimum Gasteiger partial charge on any atom is -0.333 e. The molecular weight excluding hydrogens is 148 g/mol. The third kappa shape index (κ3) is 1.11. The quantitative estimate of drug-likeness (QED) is 0.618. The standard InChI is InChI=1S/C10H9N2/c1-12-8-7-11-10(12)9-5-3-2-4-6-9/h2-6,8H,1H3. The highest BCUT2D eigenvalue weighted by atomic mass is 15.0. The van der Waals surface area contributed by atoms with Crippen LogP contribution in [0.3, 0.4) is 0 Å². The van der Waals surface area contributed by atoms with Crippen LogP contribution in [0.15, 0.2) is 36.5 Å². The molecule has 0 bridgehead atoms. The van der Waals surface area contributed by atoms with Crippen LogP contribution in [-0.4, -0.2) is 9.55 Å². The highest BCUT2D eigenvalue weighted by Crippen LogP contribution is 2.14. The Morgan fingerprint density at radius 1 is 1.25 bits per heavy atom. The molecule has 1 radical (unpaired) electrons. The Bertz CT molecular complexity index is 362. The summed E-state index contributed by atoms with van der Waals surface area (Å²) in [7, 11) is 1.96. The van der Waals surface area contributed by atoms with Crippen LogP contribution in [0, 0.1) is 6.20 Å². The van der Waals surface area contributed by atoms with Crippen LogP contribution in [0.25, 0.3) is 11.4 Å². The van der Waals surface area contributed by atoms with Crippen LogP contribution < -0.4 is 0 Å². The molecule has 0 aliphatic carbocycles. The lowest BCUT2D eigenvalue weighted by Crippen LogP contribution is -1.89. The maximum Gasteiger partial charge on any atom is 0.140 e. The molecule has 1 aromatic carbocycles. The number of hydrogen-bond acceptors (Lipinski definition) is 1. The van der Waals surface area contributed by atoms with E-state index >= 15 is 0 Å². The Morgan fingerprint density at radius 2 is 2.00 bits per heavy atom. The normalized spacial score (nSPS) is 10.1. The molecule has 0 aliphatic heterocycles. The van der Waals surface area contributed by atoms with E-state index in [4.69, 9.17) is 0 Å². The summed E-state index contributed by atoms with van der Waals surface area (Å²) < 4.78 is 1.95. The number of imidazole rings is 1. The summed E-state index contributed by atoms with van der Waals surface area (Å²) in [5.41, 5.74) is 1.13. The van der Waals surface area contributed by atoms with Gasteiger partial charge in [-0.1, -0.05) is 30.3 Å². The molecule has 0 saturated carbocycles. The number of aromatic nitrogens is 2. The smallest absolute Gasteiger partial charge is 0.140 e. The van der Waals surface area contributed by atoms with E-state index in [-0.39, 0.29) is 0 Å². The number of aryl methyl sites for hydroxylation is 1. The van der Waals surface area contributed by atoms with Gasteiger partial charge >= 0.3 is 0 Å². The van der Waals surface area contributed by atoms with Gasteiger partial charge in [0.2, 0.25) is 0 Å². The molecular formula is C10H9N2. The second-order valence-electron chi connectivity index (χ2n) is 2.67. The Kier molecular flexibility index (Phi) is 1.67. The molecule has 0 amide bonds. The lowest BCUT2D eigenvalue weighted by molar-refractivity contribution is 0.925. The van der Waals surface area contributed by atoms with Gasteiger partial charge in [-0.3, -0.25) is 0 Å². The highest BCUT2D eigenvalue weighted by Gasteiger charge is 2.00. The van der Waals surface area contributed by atoms with E-state index in [0.717, 1.165) is 11.4 Å². The summed E-state index contributed by atoms with van der Waals surface area (Å²) in [5, 5.41) is 0. The van der Waals surface area contributed by atoms with Crippen molar-refractivity contribution >= 4 is 0 Å². The average molecular weight is 157 g/mol. The lowest BCUT2D eigenvalue weighted by atomic mass is 10.2. The molecule has 0 saturated heterocycles. The highest BCUT2D eigenvalue weighted by molar-refractivity contribution is 5.54. The van der Waals surface area contributed by atoms with Crippen LogP contribution in [0.1, 0.15) is 0 Å². The van der Waals surface area contributed by atoms with Gasteiger partial charge in [-0.15, -0.1) is 0 Å². The molecule has 0 N–H and O–H groups in total. The van der Waals surface area contributed by atoms with E-state index in [1.165, 1.54) is 0 Å². The minimum atomic E-state index is 0.954. The average Bonchev–Trinajstić information content (AvgIpc) is 2.53. The molecule has 2 heteroatoms. The fourth-order valence-electron chi connectivity index (χ4n) is 1.17. The topological polar surface area (TPSA) is 17.8 Å². The molecule has 0 atom stereocenters. The molecule has 2 nitrogen and oxygen atoms in total. The van der Waals surface area contributed by atoms with Crippen molar-refractivity contribution in [1.82, 2.24) is 9.55 Å². The maximum atomic E-state index is 4.12. The summed E-state index contributed by atoms with van der Waals surface area (Å²) in [6.45, 7) is 0. The van der Waals surface area contributed by atoms with Crippen molar-refractivity contribution in [3.63, 3.8) is 0 Å². The number of benzene rings is 1. The Hall–Kier alpha value is -1.57. The van der Waals surface area contributed by atoms with Crippen molar-refractivity contribution in [1.29, 1.82) is 0 Å². The van der Waals surface area contributed by atoms with Gasteiger partial charge in [0.1, 0.15) is 12.0 Å². The van der Waals surface area contributed by atoms with Crippen molar-refractivity contribution in [3.8, 4) is 11.4 Å². The number of hydrogen-bond donors (Lipinski definition) is 0. The summed E-state index contributed by atoms with van der Waals surface area (Å²) in [4.78, 5) is 4.12. The van der Waals surface area contributed by atoms with E-state index in [2.05, 4.69) is 11.2 Å². The van der Waals surface area contributed by atoms with E-state index in [0.29, 0.717) is 0 Å². The number of nitrogens with zero attached hydrogens (tertiary/aromatic N) is 2. The third-order valence-corrected chi connectivity index (χ3v) is 1.79. The first-order chi connectivity index (χ1) is 5.88. The van der Waals surface area contributed by atoms with Crippen LogP contribution in [0.2, 0.25) is 0 Å². The predicted molar refractivity (Wildman–Crippen MR) is 47.5 cm³/mol.